The lowest BCUT2D eigenvalue weighted by Crippen LogP contribution is -2.31. The smallest absolute Gasteiger partial charge is 0.270 e. The first-order valence-corrected chi connectivity index (χ1v) is 5.28. The van der Waals surface area contributed by atoms with Crippen molar-refractivity contribution in [2.24, 2.45) is 0 Å². The molecule has 0 atom stereocenters. The molecule has 1 rings (SSSR count). The van der Waals surface area contributed by atoms with Crippen LogP contribution in [0.25, 0.3) is 0 Å². The summed E-state index contributed by atoms with van der Waals surface area (Å²) in [6, 6.07) is 2.87. The number of rotatable bonds is 5. The molecule has 0 bridgehead atoms. The van der Waals surface area contributed by atoms with Crippen LogP contribution in [0.4, 0.5) is 10.1 Å². The largest absolute Gasteiger partial charge is 0.351 e. The van der Waals surface area contributed by atoms with E-state index in [2.05, 4.69) is 5.32 Å². The monoisotopic (exact) mass is 255 g/mol. The number of nitro benzene ring substituents is 1. The van der Waals surface area contributed by atoms with Gasteiger partial charge in [0.05, 0.1) is 10.5 Å². The number of nitrogens with zero attached hydrogens (tertiary/aromatic N) is 2. The van der Waals surface area contributed by atoms with Crippen molar-refractivity contribution < 1.29 is 14.1 Å². The third kappa shape index (κ3) is 3.77. The predicted octanol–water partition coefficient (Wildman–Crippen LogP) is 1.03. The van der Waals surface area contributed by atoms with Gasteiger partial charge in [-0.1, -0.05) is 0 Å². The fraction of sp³-hybridized carbons (Fsp3) is 0.364. The summed E-state index contributed by atoms with van der Waals surface area (Å²) in [6.07, 6.45) is 0. The maximum absolute atomic E-state index is 13.4. The Labute approximate surface area is 104 Å². The summed E-state index contributed by atoms with van der Waals surface area (Å²) < 4.78 is 13.4. The Balaban J connectivity index is 2.78. The van der Waals surface area contributed by atoms with Gasteiger partial charge >= 0.3 is 0 Å². The van der Waals surface area contributed by atoms with E-state index < -0.39 is 16.6 Å². The molecular formula is C11H14FN3O3. The molecule has 1 aromatic rings. The lowest BCUT2D eigenvalue weighted by Gasteiger charge is -2.10. The molecule has 7 heteroatoms. The molecule has 0 aliphatic heterocycles. The molecule has 0 fully saturated rings. The topological polar surface area (TPSA) is 75.5 Å². The number of likely N-dealkylation sites (N-methyl/N-ethyl adjacent to an activating group) is 1. The average Bonchev–Trinajstić information content (AvgIpc) is 2.28. The van der Waals surface area contributed by atoms with Crippen LogP contribution in [0, 0.1) is 15.9 Å². The van der Waals surface area contributed by atoms with Gasteiger partial charge in [0.25, 0.3) is 11.6 Å². The molecule has 0 aliphatic rings. The van der Waals surface area contributed by atoms with Crippen molar-refractivity contribution >= 4 is 11.6 Å². The molecule has 0 aromatic heterocycles. The molecule has 1 N–H and O–H groups in total. The van der Waals surface area contributed by atoms with Crippen molar-refractivity contribution in [2.45, 2.75) is 0 Å². The Hall–Kier alpha value is -2.02. The van der Waals surface area contributed by atoms with Crippen LogP contribution in [0.1, 0.15) is 10.4 Å². The quantitative estimate of drug-likeness (QED) is 0.629. The number of halogens is 1. The van der Waals surface area contributed by atoms with Gasteiger partial charge in [-0.25, -0.2) is 4.39 Å². The second-order valence-corrected chi connectivity index (χ2v) is 3.98. The van der Waals surface area contributed by atoms with Gasteiger partial charge in [0.15, 0.2) is 0 Å². The number of hydrogen-bond donors (Lipinski definition) is 1. The molecule has 0 unspecified atom stereocenters. The van der Waals surface area contributed by atoms with Crippen LogP contribution in [0.3, 0.4) is 0 Å². The first-order chi connectivity index (χ1) is 8.41. The van der Waals surface area contributed by atoms with Crippen molar-refractivity contribution in [1.29, 1.82) is 0 Å². The molecule has 0 radical (unpaired) electrons. The standard InChI is InChI=1S/C11H14FN3O3/c1-14(2)6-5-13-11(16)9-7-8(15(17)18)3-4-10(9)12/h3-4,7H,5-6H2,1-2H3,(H,13,16). The van der Waals surface area contributed by atoms with E-state index in [1.807, 2.05) is 19.0 Å². The van der Waals surface area contributed by atoms with Crippen LogP contribution in [0.5, 0.6) is 0 Å². The number of carbonyl (C=O) groups is 1. The normalized spacial score (nSPS) is 10.4. The third-order valence-electron chi connectivity index (χ3n) is 2.25. The highest BCUT2D eigenvalue weighted by Gasteiger charge is 2.16. The summed E-state index contributed by atoms with van der Waals surface area (Å²) in [4.78, 5) is 23.3. The molecule has 18 heavy (non-hydrogen) atoms. The molecule has 0 saturated heterocycles. The first kappa shape index (κ1) is 14.0. The van der Waals surface area contributed by atoms with E-state index in [-0.39, 0.29) is 11.3 Å². The minimum Gasteiger partial charge on any atom is -0.351 e. The lowest BCUT2D eigenvalue weighted by molar-refractivity contribution is -0.384. The number of amides is 1. The van der Waals surface area contributed by atoms with E-state index in [0.29, 0.717) is 13.1 Å². The van der Waals surface area contributed by atoms with Gasteiger partial charge in [-0.3, -0.25) is 14.9 Å². The van der Waals surface area contributed by atoms with E-state index in [4.69, 9.17) is 0 Å². The SMILES string of the molecule is CN(C)CCNC(=O)c1cc([N+](=O)[O-])ccc1F. The van der Waals surface area contributed by atoms with E-state index in [0.717, 1.165) is 18.2 Å². The molecule has 1 amide bonds. The minimum absolute atomic E-state index is 0.311. The molecule has 0 heterocycles. The molecule has 0 saturated carbocycles. The van der Waals surface area contributed by atoms with Gasteiger partial charge < -0.3 is 10.2 Å². The van der Waals surface area contributed by atoms with Gasteiger partial charge in [-0.15, -0.1) is 0 Å². The first-order valence-electron chi connectivity index (χ1n) is 5.28. The zero-order valence-corrected chi connectivity index (χ0v) is 10.1. The predicted molar refractivity (Wildman–Crippen MR) is 63.9 cm³/mol. The Bertz CT molecular complexity index is 463. The highest BCUT2D eigenvalue weighted by Crippen LogP contribution is 2.16. The number of nitro groups is 1. The molecular weight excluding hydrogens is 241 g/mol. The van der Waals surface area contributed by atoms with Crippen molar-refractivity contribution in [1.82, 2.24) is 10.2 Å². The number of benzene rings is 1. The second-order valence-electron chi connectivity index (χ2n) is 3.98. The maximum atomic E-state index is 13.4. The average molecular weight is 255 g/mol. The number of nitrogens with one attached hydrogen (secondary N) is 1. The lowest BCUT2D eigenvalue weighted by atomic mass is 10.1. The molecule has 98 valence electrons. The summed E-state index contributed by atoms with van der Waals surface area (Å²) in [5.74, 6) is -1.43. The molecule has 1 aromatic carbocycles. The van der Waals surface area contributed by atoms with Gasteiger partial charge in [-0.2, -0.15) is 0 Å². The van der Waals surface area contributed by atoms with Crippen molar-refractivity contribution in [3.63, 3.8) is 0 Å². The number of non-ortho nitro benzene ring substituents is 1. The van der Waals surface area contributed by atoms with Crippen LogP contribution >= 0.6 is 0 Å². The zero-order chi connectivity index (χ0) is 13.7. The van der Waals surface area contributed by atoms with Crippen LogP contribution in [0.15, 0.2) is 18.2 Å². The second kappa shape index (κ2) is 6.06. The van der Waals surface area contributed by atoms with E-state index >= 15 is 0 Å². The highest BCUT2D eigenvalue weighted by atomic mass is 19.1. The van der Waals surface area contributed by atoms with Crippen LogP contribution in [0.2, 0.25) is 0 Å². The van der Waals surface area contributed by atoms with Crippen LogP contribution in [-0.4, -0.2) is 42.9 Å². The summed E-state index contributed by atoms with van der Waals surface area (Å²) in [6.45, 7) is 0.941. The van der Waals surface area contributed by atoms with Gasteiger partial charge in [-0.05, 0) is 20.2 Å². The number of carbonyl (C=O) groups excluding carboxylic acids is 1. The van der Waals surface area contributed by atoms with E-state index in [9.17, 15) is 19.3 Å². The summed E-state index contributed by atoms with van der Waals surface area (Å²) in [5.41, 5.74) is -0.628. The van der Waals surface area contributed by atoms with Crippen LogP contribution in [-0.2, 0) is 0 Å². The Morgan fingerprint density at radius 1 is 1.50 bits per heavy atom. The van der Waals surface area contributed by atoms with Crippen molar-refractivity contribution in [3.8, 4) is 0 Å². The third-order valence-corrected chi connectivity index (χ3v) is 2.25. The van der Waals surface area contributed by atoms with Crippen LogP contribution < -0.4 is 5.32 Å². The Morgan fingerprint density at radius 3 is 2.72 bits per heavy atom. The Morgan fingerprint density at radius 2 is 2.17 bits per heavy atom. The summed E-state index contributed by atoms with van der Waals surface area (Å²) in [5, 5.41) is 13.0. The Kier molecular flexibility index (Phi) is 4.73. The maximum Gasteiger partial charge on any atom is 0.270 e. The zero-order valence-electron chi connectivity index (χ0n) is 10.1. The van der Waals surface area contributed by atoms with E-state index in [1.165, 1.54) is 0 Å². The van der Waals surface area contributed by atoms with Crippen molar-refractivity contribution in [2.75, 3.05) is 27.2 Å². The molecule has 0 spiro atoms. The summed E-state index contributed by atoms with van der Waals surface area (Å²) >= 11 is 0. The van der Waals surface area contributed by atoms with E-state index in [1.54, 1.807) is 0 Å². The van der Waals surface area contributed by atoms with Crippen molar-refractivity contribution in [3.05, 3.63) is 39.7 Å². The number of hydrogen-bond acceptors (Lipinski definition) is 4. The summed E-state index contributed by atoms with van der Waals surface area (Å²) in [7, 11) is 3.67. The fourth-order valence-electron chi connectivity index (χ4n) is 1.29. The van der Waals surface area contributed by atoms with Gasteiger partial charge in [0.1, 0.15) is 5.82 Å². The molecule has 0 aliphatic carbocycles. The molecule has 6 nitrogen and oxygen atoms in total. The fourth-order valence-corrected chi connectivity index (χ4v) is 1.29. The highest BCUT2D eigenvalue weighted by molar-refractivity contribution is 5.95. The minimum atomic E-state index is -0.775. The van der Waals surface area contributed by atoms with Gasteiger partial charge in [0, 0.05) is 25.2 Å². The van der Waals surface area contributed by atoms with Gasteiger partial charge in [0.2, 0.25) is 0 Å².